The maximum atomic E-state index is 11.7. The number of aryl methyl sites for hydroxylation is 1. The van der Waals surface area contributed by atoms with Gasteiger partial charge in [0.2, 0.25) is 5.91 Å². The van der Waals surface area contributed by atoms with Crippen LogP contribution in [0.1, 0.15) is 42.6 Å². The molecular weight excluding hydrogens is 286 g/mol. The van der Waals surface area contributed by atoms with Crippen LogP contribution in [0.2, 0.25) is 0 Å². The highest BCUT2D eigenvalue weighted by Crippen LogP contribution is 2.33. The van der Waals surface area contributed by atoms with E-state index in [4.69, 9.17) is 16.6 Å². The molecular formula is C16H20ClN3O. The van der Waals surface area contributed by atoms with E-state index in [0.717, 1.165) is 35.4 Å². The Morgan fingerprint density at radius 3 is 2.86 bits per heavy atom. The van der Waals surface area contributed by atoms with Gasteiger partial charge >= 0.3 is 0 Å². The number of halogens is 1. The first-order valence-electron chi connectivity index (χ1n) is 7.34. The maximum Gasteiger partial charge on any atom is 0.222 e. The number of likely N-dealkylation sites (tertiary alicyclic amines) is 1. The van der Waals surface area contributed by atoms with Crippen molar-refractivity contribution in [3.8, 4) is 0 Å². The Kier molecular flexibility index (Phi) is 3.66. The van der Waals surface area contributed by atoms with E-state index in [-0.39, 0.29) is 17.3 Å². The number of carbonyl (C=O) groups excluding carboxylic acids is 1. The van der Waals surface area contributed by atoms with E-state index in [2.05, 4.69) is 29.7 Å². The van der Waals surface area contributed by atoms with Crippen LogP contribution >= 0.6 is 11.6 Å². The summed E-state index contributed by atoms with van der Waals surface area (Å²) in [4.78, 5) is 18.3. The van der Waals surface area contributed by atoms with Gasteiger partial charge in [-0.05, 0) is 31.9 Å². The lowest BCUT2D eigenvalue weighted by Crippen LogP contribution is -2.38. The summed E-state index contributed by atoms with van der Waals surface area (Å²) >= 11 is 6.35. The number of hydrogen-bond acceptors (Lipinski definition) is 2. The first kappa shape index (κ1) is 14.4. The zero-order chi connectivity index (χ0) is 15.1. The third kappa shape index (κ3) is 2.42. The number of benzene rings is 1. The molecule has 2 atom stereocenters. The third-order valence-electron chi connectivity index (χ3n) is 4.27. The van der Waals surface area contributed by atoms with Crippen molar-refractivity contribution in [2.75, 3.05) is 13.6 Å². The molecule has 1 aromatic heterocycles. The summed E-state index contributed by atoms with van der Waals surface area (Å²) in [6.45, 7) is 4.74. The summed E-state index contributed by atoms with van der Waals surface area (Å²) in [7, 11) is 1.86. The third-order valence-corrected chi connectivity index (χ3v) is 4.47. The highest BCUT2D eigenvalue weighted by molar-refractivity contribution is 6.20. The summed E-state index contributed by atoms with van der Waals surface area (Å²) in [5.41, 5.74) is 3.29. The van der Waals surface area contributed by atoms with Gasteiger partial charge in [0.15, 0.2) is 0 Å². The minimum atomic E-state index is -0.153. The molecule has 1 amide bonds. The van der Waals surface area contributed by atoms with Crippen LogP contribution in [0, 0.1) is 6.92 Å². The molecule has 0 radical (unpaired) electrons. The van der Waals surface area contributed by atoms with E-state index in [1.807, 2.05) is 14.0 Å². The highest BCUT2D eigenvalue weighted by atomic mass is 35.5. The van der Waals surface area contributed by atoms with Crippen molar-refractivity contribution in [3.05, 3.63) is 29.6 Å². The van der Waals surface area contributed by atoms with E-state index < -0.39 is 0 Å². The summed E-state index contributed by atoms with van der Waals surface area (Å²) in [5, 5.41) is -0.153. The lowest BCUT2D eigenvalue weighted by molar-refractivity contribution is -0.132. The van der Waals surface area contributed by atoms with Crippen molar-refractivity contribution in [2.45, 2.75) is 38.1 Å². The van der Waals surface area contributed by atoms with Crippen molar-refractivity contribution in [2.24, 2.45) is 0 Å². The number of amides is 1. The fourth-order valence-electron chi connectivity index (χ4n) is 3.14. The molecule has 2 aromatic rings. The highest BCUT2D eigenvalue weighted by Gasteiger charge is 2.28. The number of piperidine rings is 1. The van der Waals surface area contributed by atoms with E-state index in [1.165, 1.54) is 0 Å². The largest absolute Gasteiger partial charge is 0.344 e. The molecule has 21 heavy (non-hydrogen) atoms. The molecule has 0 spiro atoms. The van der Waals surface area contributed by atoms with Gasteiger partial charge in [0.05, 0.1) is 22.5 Å². The van der Waals surface area contributed by atoms with Crippen LogP contribution in [-0.2, 0) is 4.79 Å². The van der Waals surface area contributed by atoms with Gasteiger partial charge in [-0.15, -0.1) is 11.6 Å². The second-order valence-electron chi connectivity index (χ2n) is 5.87. The molecule has 2 heterocycles. The summed E-state index contributed by atoms with van der Waals surface area (Å²) in [5.74, 6) is 1.11. The van der Waals surface area contributed by atoms with Crippen molar-refractivity contribution in [1.29, 1.82) is 0 Å². The minimum absolute atomic E-state index is 0.153. The predicted molar refractivity (Wildman–Crippen MR) is 84.6 cm³/mol. The van der Waals surface area contributed by atoms with Crippen LogP contribution in [0.25, 0.3) is 11.0 Å². The second kappa shape index (κ2) is 5.34. The predicted octanol–water partition coefficient (Wildman–Crippen LogP) is 3.44. The number of rotatable bonds is 2. The maximum absolute atomic E-state index is 11.7. The molecule has 1 aliphatic rings. The molecule has 4 nitrogen and oxygen atoms in total. The molecule has 2 unspecified atom stereocenters. The van der Waals surface area contributed by atoms with E-state index in [9.17, 15) is 4.79 Å². The van der Waals surface area contributed by atoms with Crippen LogP contribution < -0.4 is 0 Å². The number of carbonyl (C=O) groups is 1. The fraction of sp³-hybridized carbons (Fsp3) is 0.500. The summed E-state index contributed by atoms with van der Waals surface area (Å²) in [6, 6.07) is 6.46. The molecule has 1 aromatic carbocycles. The molecule has 0 N–H and O–H groups in total. The van der Waals surface area contributed by atoms with Gasteiger partial charge in [-0.1, -0.05) is 12.1 Å². The Hall–Kier alpha value is -1.55. The smallest absolute Gasteiger partial charge is 0.222 e. The van der Waals surface area contributed by atoms with Gasteiger partial charge in [-0.2, -0.15) is 0 Å². The van der Waals surface area contributed by atoms with Crippen LogP contribution in [-0.4, -0.2) is 34.0 Å². The number of alkyl halides is 1. The van der Waals surface area contributed by atoms with Gasteiger partial charge < -0.3 is 9.47 Å². The van der Waals surface area contributed by atoms with Crippen LogP contribution in [0.4, 0.5) is 0 Å². The quantitative estimate of drug-likeness (QED) is 0.797. The monoisotopic (exact) mass is 305 g/mol. The summed E-state index contributed by atoms with van der Waals surface area (Å²) in [6.07, 6.45) is 1.43. The normalized spacial score (nSPS) is 21.0. The molecule has 0 aliphatic carbocycles. The second-order valence-corrected chi connectivity index (χ2v) is 6.52. The molecule has 5 heteroatoms. The molecule has 3 rings (SSSR count). The first-order chi connectivity index (χ1) is 9.99. The zero-order valence-corrected chi connectivity index (χ0v) is 13.4. The minimum Gasteiger partial charge on any atom is -0.344 e. The fourth-order valence-corrected chi connectivity index (χ4v) is 3.29. The molecule has 1 saturated heterocycles. The lowest BCUT2D eigenvalue weighted by atomic mass is 10.0. The number of hydrogen-bond donors (Lipinski definition) is 0. The molecule has 0 bridgehead atoms. The van der Waals surface area contributed by atoms with E-state index in [1.54, 1.807) is 4.90 Å². The first-order valence-corrected chi connectivity index (χ1v) is 7.78. The van der Waals surface area contributed by atoms with Gasteiger partial charge in [-0.3, -0.25) is 4.79 Å². The number of fused-ring (bicyclic) bond motifs is 1. The van der Waals surface area contributed by atoms with E-state index in [0.29, 0.717) is 6.42 Å². The van der Waals surface area contributed by atoms with Crippen molar-refractivity contribution >= 4 is 28.5 Å². The van der Waals surface area contributed by atoms with Crippen LogP contribution in [0.3, 0.4) is 0 Å². The zero-order valence-electron chi connectivity index (χ0n) is 12.6. The molecule has 0 saturated carbocycles. The van der Waals surface area contributed by atoms with Gasteiger partial charge in [0.1, 0.15) is 5.82 Å². The number of para-hydroxylation sites is 1. The molecule has 112 valence electrons. The van der Waals surface area contributed by atoms with E-state index >= 15 is 0 Å². The topological polar surface area (TPSA) is 38.1 Å². The van der Waals surface area contributed by atoms with Crippen molar-refractivity contribution < 1.29 is 4.79 Å². The van der Waals surface area contributed by atoms with Crippen LogP contribution in [0.5, 0.6) is 0 Å². The number of nitrogens with zero attached hydrogens (tertiary/aromatic N) is 3. The average molecular weight is 306 g/mol. The lowest BCUT2D eigenvalue weighted by Gasteiger charge is -2.32. The molecule has 1 aliphatic heterocycles. The average Bonchev–Trinajstić information content (AvgIpc) is 2.83. The SMILES string of the molecule is Cc1cccc2c1nc(C(C)Cl)n2C1CCC(=O)N(C)C1. The van der Waals surface area contributed by atoms with Gasteiger partial charge in [0, 0.05) is 20.0 Å². The Morgan fingerprint density at radius 2 is 2.19 bits per heavy atom. The van der Waals surface area contributed by atoms with Gasteiger partial charge in [-0.25, -0.2) is 4.98 Å². The van der Waals surface area contributed by atoms with Crippen molar-refractivity contribution in [1.82, 2.24) is 14.5 Å². The standard InChI is InChI=1S/C16H20ClN3O/c1-10-5-4-6-13-15(10)18-16(11(2)17)20(13)12-7-8-14(21)19(3)9-12/h4-6,11-12H,7-9H2,1-3H3. The Balaban J connectivity index is 2.14. The number of aromatic nitrogens is 2. The summed E-state index contributed by atoms with van der Waals surface area (Å²) < 4.78 is 2.24. The van der Waals surface area contributed by atoms with Gasteiger partial charge in [0.25, 0.3) is 0 Å². The number of likely N-dealkylation sites (N-methyl/N-ethyl adjacent to an activating group) is 1. The van der Waals surface area contributed by atoms with Crippen molar-refractivity contribution in [3.63, 3.8) is 0 Å². The Morgan fingerprint density at radius 1 is 1.43 bits per heavy atom. The Labute approximate surface area is 129 Å². The molecule has 1 fully saturated rings. The number of imidazole rings is 1. The Bertz CT molecular complexity index is 692. The van der Waals surface area contributed by atoms with Crippen LogP contribution in [0.15, 0.2) is 18.2 Å².